The first-order valence-corrected chi connectivity index (χ1v) is 9.85. The average molecular weight is 413 g/mol. The second-order valence-corrected chi connectivity index (χ2v) is 7.00. The Morgan fingerprint density at radius 1 is 0.871 bits per heavy atom. The van der Waals surface area contributed by atoms with Crippen molar-refractivity contribution in [2.24, 2.45) is 0 Å². The van der Waals surface area contributed by atoms with Gasteiger partial charge in [0.1, 0.15) is 5.69 Å². The van der Waals surface area contributed by atoms with E-state index in [1.165, 1.54) is 0 Å². The van der Waals surface area contributed by atoms with E-state index >= 15 is 0 Å². The number of hydrogen-bond acceptors (Lipinski definition) is 4. The Labute approximate surface area is 181 Å². The summed E-state index contributed by atoms with van der Waals surface area (Å²) in [5.41, 5.74) is 4.40. The molecule has 0 atom stereocenters. The predicted molar refractivity (Wildman–Crippen MR) is 121 cm³/mol. The van der Waals surface area contributed by atoms with Crippen LogP contribution in [0.15, 0.2) is 78.9 Å². The summed E-state index contributed by atoms with van der Waals surface area (Å²) in [4.78, 5) is 13.3. The second kappa shape index (κ2) is 8.75. The van der Waals surface area contributed by atoms with Crippen LogP contribution in [-0.4, -0.2) is 29.9 Å². The Kier molecular flexibility index (Phi) is 5.71. The van der Waals surface area contributed by atoms with Crippen molar-refractivity contribution in [3.8, 4) is 28.4 Å². The first kappa shape index (κ1) is 20.2. The number of carbonyl (C=O) groups is 1. The van der Waals surface area contributed by atoms with E-state index in [2.05, 4.69) is 5.32 Å². The molecule has 4 rings (SSSR count). The number of methoxy groups -OCH3 is 2. The number of hydrogen-bond donors (Lipinski definition) is 1. The highest BCUT2D eigenvalue weighted by Crippen LogP contribution is 2.33. The molecule has 0 aliphatic heterocycles. The van der Waals surface area contributed by atoms with Gasteiger partial charge in [-0.15, -0.1) is 0 Å². The third-order valence-corrected chi connectivity index (χ3v) is 4.99. The number of para-hydroxylation sites is 1. The van der Waals surface area contributed by atoms with Crippen LogP contribution in [0.1, 0.15) is 16.1 Å². The van der Waals surface area contributed by atoms with E-state index in [1.54, 1.807) is 31.0 Å². The Balaban J connectivity index is 1.75. The van der Waals surface area contributed by atoms with Crippen LogP contribution in [0.25, 0.3) is 16.9 Å². The van der Waals surface area contributed by atoms with Crippen LogP contribution in [0.3, 0.4) is 0 Å². The van der Waals surface area contributed by atoms with Gasteiger partial charge in [0.2, 0.25) is 0 Å². The van der Waals surface area contributed by atoms with Crippen molar-refractivity contribution < 1.29 is 14.3 Å². The van der Waals surface area contributed by atoms with Crippen molar-refractivity contribution in [3.05, 3.63) is 90.1 Å². The minimum atomic E-state index is -0.270. The zero-order chi connectivity index (χ0) is 21.8. The van der Waals surface area contributed by atoms with E-state index in [4.69, 9.17) is 14.6 Å². The number of benzene rings is 3. The molecule has 0 saturated heterocycles. The van der Waals surface area contributed by atoms with Gasteiger partial charge in [0.25, 0.3) is 5.91 Å². The number of aromatic nitrogens is 2. The summed E-state index contributed by atoms with van der Waals surface area (Å²) in [6, 6.07) is 24.8. The van der Waals surface area contributed by atoms with Gasteiger partial charge in [-0.1, -0.05) is 48.5 Å². The van der Waals surface area contributed by atoms with Crippen LogP contribution in [0.2, 0.25) is 0 Å². The smallest absolute Gasteiger partial charge is 0.274 e. The molecule has 3 aromatic carbocycles. The van der Waals surface area contributed by atoms with Crippen LogP contribution in [0.5, 0.6) is 11.5 Å². The first-order chi connectivity index (χ1) is 15.1. The molecule has 0 unspecified atom stereocenters. The van der Waals surface area contributed by atoms with Crippen LogP contribution < -0.4 is 14.8 Å². The number of amides is 1. The van der Waals surface area contributed by atoms with Gasteiger partial charge in [-0.05, 0) is 36.8 Å². The van der Waals surface area contributed by atoms with Gasteiger partial charge in [-0.2, -0.15) is 5.10 Å². The fourth-order valence-corrected chi connectivity index (χ4v) is 3.36. The highest BCUT2D eigenvalue weighted by atomic mass is 16.5. The lowest BCUT2D eigenvalue weighted by atomic mass is 10.1. The molecule has 1 N–H and O–H groups in total. The van der Waals surface area contributed by atoms with E-state index < -0.39 is 0 Å². The maximum Gasteiger partial charge on any atom is 0.274 e. The van der Waals surface area contributed by atoms with Crippen LogP contribution >= 0.6 is 0 Å². The van der Waals surface area contributed by atoms with Crippen molar-refractivity contribution in [2.45, 2.75) is 6.92 Å². The number of nitrogens with zero attached hydrogens (tertiary/aromatic N) is 2. The third-order valence-electron chi connectivity index (χ3n) is 4.99. The van der Waals surface area contributed by atoms with Gasteiger partial charge in [0.15, 0.2) is 11.5 Å². The minimum absolute atomic E-state index is 0.270. The number of anilines is 1. The fourth-order valence-electron chi connectivity index (χ4n) is 3.36. The number of nitrogens with one attached hydrogen (secondary N) is 1. The molecule has 4 aromatic rings. The lowest BCUT2D eigenvalue weighted by Crippen LogP contribution is -2.17. The van der Waals surface area contributed by atoms with Crippen LogP contribution in [-0.2, 0) is 0 Å². The number of aryl methyl sites for hydroxylation is 1. The molecule has 6 nitrogen and oxygen atoms in total. The summed E-state index contributed by atoms with van der Waals surface area (Å²) in [6.07, 6.45) is 0. The van der Waals surface area contributed by atoms with Gasteiger partial charge in [-0.25, -0.2) is 4.68 Å². The molecular formula is C25H23N3O3. The highest BCUT2D eigenvalue weighted by molar-refractivity contribution is 6.04. The first-order valence-electron chi connectivity index (χ1n) is 9.85. The topological polar surface area (TPSA) is 65.4 Å². The molecule has 1 heterocycles. The zero-order valence-electron chi connectivity index (χ0n) is 17.6. The molecule has 1 aromatic heterocycles. The largest absolute Gasteiger partial charge is 0.493 e. The molecule has 156 valence electrons. The predicted octanol–water partition coefficient (Wildman–Crippen LogP) is 5.12. The molecule has 0 fully saturated rings. The number of rotatable bonds is 6. The Bertz CT molecular complexity index is 1200. The molecule has 1 amide bonds. The molecule has 6 heteroatoms. The van der Waals surface area contributed by atoms with Crippen molar-refractivity contribution in [3.63, 3.8) is 0 Å². The van der Waals surface area contributed by atoms with Gasteiger partial charge < -0.3 is 14.8 Å². The van der Waals surface area contributed by atoms with E-state index in [-0.39, 0.29) is 5.91 Å². The molecule has 0 aliphatic rings. The fraction of sp³-hybridized carbons (Fsp3) is 0.120. The summed E-state index contributed by atoms with van der Waals surface area (Å²) >= 11 is 0. The van der Waals surface area contributed by atoms with E-state index in [1.807, 2.05) is 73.7 Å². The van der Waals surface area contributed by atoms with Gasteiger partial charge in [0.05, 0.1) is 25.6 Å². The van der Waals surface area contributed by atoms with Crippen molar-refractivity contribution in [1.82, 2.24) is 9.78 Å². The summed E-state index contributed by atoms with van der Waals surface area (Å²) in [6.45, 7) is 1.90. The van der Waals surface area contributed by atoms with E-state index in [9.17, 15) is 4.79 Å². The quantitative estimate of drug-likeness (QED) is 0.477. The summed E-state index contributed by atoms with van der Waals surface area (Å²) in [5, 5.41) is 7.70. The van der Waals surface area contributed by atoms with Crippen molar-refractivity contribution in [2.75, 3.05) is 19.5 Å². The lowest BCUT2D eigenvalue weighted by molar-refractivity contribution is 0.101. The highest BCUT2D eigenvalue weighted by Gasteiger charge is 2.19. The molecule has 31 heavy (non-hydrogen) atoms. The molecule has 0 radical (unpaired) electrons. The Morgan fingerprint density at radius 2 is 1.48 bits per heavy atom. The third kappa shape index (κ3) is 4.14. The Hall–Kier alpha value is -4.06. The molecular weight excluding hydrogens is 390 g/mol. The van der Waals surface area contributed by atoms with Crippen molar-refractivity contribution in [1.29, 1.82) is 0 Å². The molecule has 0 saturated carbocycles. The average Bonchev–Trinajstić information content (AvgIpc) is 3.27. The summed E-state index contributed by atoms with van der Waals surface area (Å²) in [7, 11) is 3.15. The van der Waals surface area contributed by atoms with Gasteiger partial charge >= 0.3 is 0 Å². The lowest BCUT2D eigenvalue weighted by Gasteiger charge is -2.14. The molecule has 0 bridgehead atoms. The summed E-state index contributed by atoms with van der Waals surface area (Å²) in [5.74, 6) is 0.887. The van der Waals surface area contributed by atoms with E-state index in [0.29, 0.717) is 22.9 Å². The zero-order valence-corrected chi connectivity index (χ0v) is 17.6. The Morgan fingerprint density at radius 3 is 2.13 bits per heavy atom. The minimum Gasteiger partial charge on any atom is -0.493 e. The van der Waals surface area contributed by atoms with Crippen LogP contribution in [0.4, 0.5) is 5.69 Å². The SMILES string of the molecule is COc1cc(C)c(NC(=O)c2cc(-c3ccccc3)nn2-c2ccccc2)cc1OC. The van der Waals surface area contributed by atoms with E-state index in [0.717, 1.165) is 22.5 Å². The monoisotopic (exact) mass is 413 g/mol. The van der Waals surface area contributed by atoms with Crippen molar-refractivity contribution >= 4 is 11.6 Å². The normalized spacial score (nSPS) is 10.5. The van der Waals surface area contributed by atoms with Crippen LogP contribution in [0, 0.1) is 6.92 Å². The number of carbonyl (C=O) groups excluding carboxylic acids is 1. The standard InChI is InChI=1S/C25H23N3O3/c1-17-14-23(30-2)24(31-3)16-20(17)26-25(29)22-15-21(18-10-6-4-7-11-18)27-28(22)19-12-8-5-9-13-19/h4-16H,1-3H3,(H,26,29). The molecule has 0 aliphatic carbocycles. The molecule has 0 spiro atoms. The maximum absolute atomic E-state index is 13.3. The maximum atomic E-state index is 13.3. The van der Waals surface area contributed by atoms with Gasteiger partial charge in [0, 0.05) is 17.3 Å². The second-order valence-electron chi connectivity index (χ2n) is 7.00. The number of ether oxygens (including phenoxy) is 2. The summed E-state index contributed by atoms with van der Waals surface area (Å²) < 4.78 is 12.4. The van der Waals surface area contributed by atoms with Gasteiger partial charge in [-0.3, -0.25) is 4.79 Å².